The van der Waals surface area contributed by atoms with Gasteiger partial charge in [0.05, 0.1) is 52.3 Å². The van der Waals surface area contributed by atoms with Crippen molar-refractivity contribution >= 4 is 32.8 Å². The summed E-state index contributed by atoms with van der Waals surface area (Å²) < 4.78 is 111. The van der Waals surface area contributed by atoms with Crippen molar-refractivity contribution in [1.82, 2.24) is 14.0 Å². The van der Waals surface area contributed by atoms with E-state index >= 15 is 0 Å². The summed E-state index contributed by atoms with van der Waals surface area (Å²) in [5, 5.41) is 5.35. The minimum Gasteiger partial charge on any atom is -0.495 e. The van der Waals surface area contributed by atoms with Crippen LogP contribution in [-0.2, 0) is 16.4 Å². The largest absolute Gasteiger partial charge is 0.495 e. The molecule has 9 nitrogen and oxygen atoms in total. The molecule has 14 heteroatoms. The number of nitrogens with zero attached hydrogens (tertiary/aromatic N) is 2. The molecule has 44 heavy (non-hydrogen) atoms. The third-order valence-electron chi connectivity index (χ3n) is 7.51. The molecule has 0 spiro atoms. The van der Waals surface area contributed by atoms with Gasteiger partial charge in [-0.1, -0.05) is 11.8 Å². The lowest BCUT2D eigenvalue weighted by Gasteiger charge is -2.33. The monoisotopic (exact) mass is 638 g/mol. The number of halogens is 4. The van der Waals surface area contributed by atoms with Crippen LogP contribution in [0.2, 0.25) is 0 Å². The maximum absolute atomic E-state index is 14.7. The number of hydrogen-bond donors (Lipinski definition) is 3. The van der Waals surface area contributed by atoms with Crippen molar-refractivity contribution in [2.75, 3.05) is 44.4 Å². The number of aromatic nitrogens is 1. The Morgan fingerprint density at radius 2 is 1.98 bits per heavy atom. The highest BCUT2D eigenvalue weighted by atomic mass is 32.2. The Morgan fingerprint density at radius 1 is 1.18 bits per heavy atom. The van der Waals surface area contributed by atoms with Crippen molar-refractivity contribution in [1.29, 1.82) is 0 Å². The van der Waals surface area contributed by atoms with Crippen LogP contribution < -0.4 is 20.1 Å². The molecular formula is C30H33F4N5O4S. The van der Waals surface area contributed by atoms with Gasteiger partial charge < -0.3 is 24.7 Å². The minimum absolute atomic E-state index is 0.0972. The van der Waals surface area contributed by atoms with Crippen LogP contribution in [0.5, 0.6) is 5.75 Å². The van der Waals surface area contributed by atoms with Crippen LogP contribution in [0.15, 0.2) is 42.6 Å². The van der Waals surface area contributed by atoms with Gasteiger partial charge in [-0.25, -0.2) is 17.5 Å². The third-order valence-corrected chi connectivity index (χ3v) is 9.33. The summed E-state index contributed by atoms with van der Waals surface area (Å²) in [6, 6.07) is 7.89. The Morgan fingerprint density at radius 3 is 2.68 bits per heavy atom. The number of alkyl halides is 4. The number of anilines is 2. The van der Waals surface area contributed by atoms with E-state index in [1.54, 1.807) is 12.1 Å². The molecule has 2 fully saturated rings. The standard InChI is InChI=1S/C30H33F4N5O4S/c1-38-14-11-23(22(31)18-38)36-24-6-4-13-39-26(24)15-19(27(39)17-30(32,33)34)5-3-12-35-25-10-7-20(16-28(25)43-2)29(40)37-44(41,42)21-8-9-21/h4,6-7,10,13,15-16,21-23,35-36H,8-9,11-12,14,17-18H2,1-2H3,(H,37,40)/t22-,23+/m0/s1/i2D3. The SMILES string of the molecule is [2H]C([2H])([2H])Oc1cc(C(=O)NS(=O)(=O)C2CC2)ccc1NCC#Cc1cc2c(N[C@@H]3CCN(C)C[C@@H]3F)cccn2c1CC(F)(F)F. The molecular weight excluding hydrogens is 602 g/mol. The van der Waals surface area contributed by atoms with E-state index < -0.39 is 53.0 Å². The number of hydrogen-bond acceptors (Lipinski definition) is 7. The highest BCUT2D eigenvalue weighted by Crippen LogP contribution is 2.31. The zero-order valence-electron chi connectivity index (χ0n) is 26.7. The van der Waals surface area contributed by atoms with E-state index in [0.717, 1.165) is 6.07 Å². The smallest absolute Gasteiger partial charge is 0.394 e. The van der Waals surface area contributed by atoms with Crippen LogP contribution >= 0.6 is 0 Å². The second-order valence-electron chi connectivity index (χ2n) is 10.9. The summed E-state index contributed by atoms with van der Waals surface area (Å²) in [6.07, 6.45) is -4.09. The minimum atomic E-state index is -4.54. The predicted octanol–water partition coefficient (Wildman–Crippen LogP) is 4.19. The van der Waals surface area contributed by atoms with Crippen molar-refractivity contribution in [3.63, 3.8) is 0 Å². The van der Waals surface area contributed by atoms with E-state index in [1.807, 2.05) is 16.7 Å². The van der Waals surface area contributed by atoms with E-state index in [1.165, 1.54) is 28.8 Å². The first-order valence-electron chi connectivity index (χ1n) is 15.4. The van der Waals surface area contributed by atoms with E-state index in [-0.39, 0.29) is 41.3 Å². The summed E-state index contributed by atoms with van der Waals surface area (Å²) >= 11 is 0. The van der Waals surface area contributed by atoms with Crippen LogP contribution in [0.3, 0.4) is 0 Å². The second-order valence-corrected chi connectivity index (χ2v) is 12.9. The lowest BCUT2D eigenvalue weighted by molar-refractivity contribution is -0.128. The van der Waals surface area contributed by atoms with Gasteiger partial charge in [0.25, 0.3) is 5.91 Å². The topological polar surface area (TPSA) is 104 Å². The molecule has 236 valence electrons. The van der Waals surface area contributed by atoms with Crippen LogP contribution in [0.1, 0.15) is 45.0 Å². The van der Waals surface area contributed by atoms with Crippen molar-refractivity contribution < 1.29 is 39.6 Å². The molecule has 3 aromatic rings. The maximum atomic E-state index is 14.7. The fourth-order valence-electron chi connectivity index (χ4n) is 5.10. The van der Waals surface area contributed by atoms with E-state index in [4.69, 9.17) is 8.85 Å². The van der Waals surface area contributed by atoms with Gasteiger partial charge in [-0.05, 0) is 62.7 Å². The molecule has 3 heterocycles. The fraction of sp³-hybridized carbons (Fsp3) is 0.433. The second kappa shape index (κ2) is 12.6. The average Bonchev–Trinajstić information content (AvgIpc) is 3.77. The molecule has 1 aromatic carbocycles. The number of amides is 1. The first-order valence-corrected chi connectivity index (χ1v) is 15.4. The molecule has 3 N–H and O–H groups in total. The Labute approximate surface area is 257 Å². The molecule has 2 aliphatic rings. The molecule has 1 amide bonds. The molecule has 2 atom stereocenters. The summed E-state index contributed by atoms with van der Waals surface area (Å²) in [5.41, 5.74) is 0.806. The van der Waals surface area contributed by atoms with Gasteiger partial charge >= 0.3 is 6.18 Å². The molecule has 2 aromatic heterocycles. The lowest BCUT2D eigenvalue weighted by Crippen LogP contribution is -2.46. The number of likely N-dealkylation sites (tertiary alicyclic amines) is 1. The van der Waals surface area contributed by atoms with Gasteiger partial charge in [-0.2, -0.15) is 13.2 Å². The Hall–Kier alpha value is -3.96. The highest BCUT2D eigenvalue weighted by molar-refractivity contribution is 7.91. The number of ether oxygens (including phenoxy) is 1. The van der Waals surface area contributed by atoms with Crippen LogP contribution in [0.4, 0.5) is 28.9 Å². The Kier molecular flexibility index (Phi) is 7.88. The van der Waals surface area contributed by atoms with E-state index in [9.17, 15) is 30.8 Å². The van der Waals surface area contributed by atoms with E-state index in [0.29, 0.717) is 37.0 Å². The van der Waals surface area contributed by atoms with Gasteiger partial charge in [-0.3, -0.25) is 4.79 Å². The van der Waals surface area contributed by atoms with Crippen molar-refractivity contribution in [3.05, 3.63) is 59.4 Å². The Bertz CT molecular complexity index is 1820. The molecule has 5 rings (SSSR count). The number of pyridine rings is 1. The molecule has 1 saturated heterocycles. The van der Waals surface area contributed by atoms with Crippen LogP contribution in [0.25, 0.3) is 5.52 Å². The van der Waals surface area contributed by atoms with Crippen LogP contribution in [0, 0.1) is 11.8 Å². The molecule has 1 aliphatic heterocycles. The number of nitrogens with one attached hydrogen (secondary N) is 3. The van der Waals surface area contributed by atoms with Gasteiger partial charge in [0.2, 0.25) is 10.0 Å². The third kappa shape index (κ3) is 7.39. The van der Waals surface area contributed by atoms with Crippen LogP contribution in [-0.4, -0.2) is 81.0 Å². The zero-order valence-corrected chi connectivity index (χ0v) is 24.5. The van der Waals surface area contributed by atoms with Gasteiger partial charge in [0, 0.05) is 36.1 Å². The first kappa shape index (κ1) is 27.6. The molecule has 0 radical (unpaired) electrons. The summed E-state index contributed by atoms with van der Waals surface area (Å²) in [4.78, 5) is 14.4. The highest BCUT2D eigenvalue weighted by Gasteiger charge is 2.37. The number of methoxy groups -OCH3 is 1. The quantitative estimate of drug-likeness (QED) is 0.239. The number of sulfonamides is 1. The number of benzene rings is 1. The van der Waals surface area contributed by atoms with Crippen molar-refractivity contribution in [3.8, 4) is 17.6 Å². The van der Waals surface area contributed by atoms with Gasteiger partial charge in [0.1, 0.15) is 11.9 Å². The van der Waals surface area contributed by atoms with Gasteiger partial charge in [0.15, 0.2) is 0 Å². The van der Waals surface area contributed by atoms with E-state index in [2.05, 4.69) is 22.5 Å². The Balaban J connectivity index is 1.38. The average molecular weight is 639 g/mol. The molecule has 1 saturated carbocycles. The fourth-order valence-corrected chi connectivity index (χ4v) is 6.40. The van der Waals surface area contributed by atoms with Crippen molar-refractivity contribution in [2.24, 2.45) is 0 Å². The van der Waals surface area contributed by atoms with Crippen molar-refractivity contribution in [2.45, 2.75) is 49.3 Å². The van der Waals surface area contributed by atoms with Gasteiger partial charge in [-0.15, -0.1) is 0 Å². The maximum Gasteiger partial charge on any atom is 0.394 e. The molecule has 1 aliphatic carbocycles. The number of rotatable bonds is 9. The summed E-state index contributed by atoms with van der Waals surface area (Å²) in [7, 11) is -4.96. The first-order chi connectivity index (χ1) is 22.0. The molecule has 0 bridgehead atoms. The normalized spacial score (nSPS) is 20.5. The number of carbonyl (C=O) groups excluding carboxylic acids is 1. The zero-order chi connectivity index (χ0) is 34.1. The molecule has 0 unspecified atom stereocenters. The summed E-state index contributed by atoms with van der Waals surface area (Å²) in [5.74, 6) is 4.26. The number of carbonyl (C=O) groups is 1. The number of piperidine rings is 1. The lowest BCUT2D eigenvalue weighted by atomic mass is 10.0. The summed E-state index contributed by atoms with van der Waals surface area (Å²) in [6.45, 7) is 0.742. The predicted molar refractivity (Wildman–Crippen MR) is 159 cm³/mol. The number of fused-ring (bicyclic) bond motifs is 1.